The summed E-state index contributed by atoms with van der Waals surface area (Å²) in [6, 6.07) is 3.80. The van der Waals surface area contributed by atoms with Crippen LogP contribution in [0.1, 0.15) is 26.6 Å². The molecule has 0 bridgehead atoms. The smallest absolute Gasteiger partial charge is 0.229 e. The second kappa shape index (κ2) is 5.66. The van der Waals surface area contributed by atoms with E-state index in [-0.39, 0.29) is 5.41 Å². The lowest BCUT2D eigenvalue weighted by Gasteiger charge is -2.20. The number of nitrogens with zero attached hydrogens (tertiary/aromatic N) is 3. The Morgan fingerprint density at radius 3 is 2.35 bits per heavy atom. The van der Waals surface area contributed by atoms with E-state index in [0.29, 0.717) is 11.0 Å². The Balaban J connectivity index is 2.72. The highest BCUT2D eigenvalue weighted by molar-refractivity contribution is 9.11. The number of methoxy groups -OCH3 is 1. The number of aromatic nitrogens is 3. The van der Waals surface area contributed by atoms with Crippen LogP contribution in [0, 0.1) is 0 Å². The molecule has 2 rings (SSSR count). The SMILES string of the molecule is COc1cc(-n2c(Cl)nnc2C(C)(C)C)c(Br)cc1Br. The normalized spacial score (nSPS) is 11.8. The maximum atomic E-state index is 6.21. The Hall–Kier alpha value is -0.590. The summed E-state index contributed by atoms with van der Waals surface area (Å²) < 4.78 is 8.89. The summed E-state index contributed by atoms with van der Waals surface area (Å²) >= 11 is 13.2. The van der Waals surface area contributed by atoms with E-state index in [1.807, 2.05) is 16.7 Å². The number of rotatable bonds is 2. The van der Waals surface area contributed by atoms with Crippen molar-refractivity contribution in [1.29, 1.82) is 0 Å². The van der Waals surface area contributed by atoms with Gasteiger partial charge in [-0.25, -0.2) is 0 Å². The van der Waals surface area contributed by atoms with Gasteiger partial charge in [-0.1, -0.05) is 20.8 Å². The van der Waals surface area contributed by atoms with Gasteiger partial charge in [-0.05, 0) is 49.5 Å². The number of hydrogen-bond acceptors (Lipinski definition) is 3. The van der Waals surface area contributed by atoms with E-state index in [2.05, 4.69) is 62.8 Å². The van der Waals surface area contributed by atoms with E-state index < -0.39 is 0 Å². The van der Waals surface area contributed by atoms with Gasteiger partial charge in [0, 0.05) is 16.0 Å². The average Bonchev–Trinajstić information content (AvgIpc) is 2.71. The first kappa shape index (κ1) is 15.8. The summed E-state index contributed by atoms with van der Waals surface area (Å²) in [6.07, 6.45) is 0. The molecule has 0 unspecified atom stereocenters. The van der Waals surface area contributed by atoms with Crippen molar-refractivity contribution >= 4 is 43.5 Å². The molecular weight excluding hydrogens is 409 g/mol. The van der Waals surface area contributed by atoms with Crippen LogP contribution in [-0.4, -0.2) is 21.9 Å². The van der Waals surface area contributed by atoms with Crippen molar-refractivity contribution in [3.8, 4) is 11.4 Å². The van der Waals surface area contributed by atoms with Gasteiger partial charge in [-0.15, -0.1) is 10.2 Å². The largest absolute Gasteiger partial charge is 0.495 e. The van der Waals surface area contributed by atoms with Crippen LogP contribution in [0.3, 0.4) is 0 Å². The second-order valence-corrected chi connectivity index (χ2v) is 7.36. The molecule has 4 nitrogen and oxygen atoms in total. The summed E-state index contributed by atoms with van der Waals surface area (Å²) in [6.45, 7) is 6.19. The topological polar surface area (TPSA) is 39.9 Å². The van der Waals surface area contributed by atoms with E-state index in [1.54, 1.807) is 7.11 Å². The second-order valence-electron chi connectivity index (χ2n) is 5.32. The molecule has 20 heavy (non-hydrogen) atoms. The Bertz CT molecular complexity index is 650. The molecule has 0 atom stereocenters. The molecule has 0 radical (unpaired) electrons. The third-order valence-electron chi connectivity index (χ3n) is 2.76. The Labute approximate surface area is 139 Å². The van der Waals surface area contributed by atoms with E-state index >= 15 is 0 Å². The maximum Gasteiger partial charge on any atom is 0.229 e. The first-order valence-electron chi connectivity index (χ1n) is 5.90. The molecule has 1 aromatic carbocycles. The Kier molecular flexibility index (Phi) is 4.47. The molecule has 0 fully saturated rings. The first-order chi connectivity index (χ1) is 9.25. The molecule has 0 saturated heterocycles. The predicted octanol–water partition coefficient (Wildman–Crippen LogP) is 4.75. The van der Waals surface area contributed by atoms with Gasteiger partial charge in [0.2, 0.25) is 5.28 Å². The van der Waals surface area contributed by atoms with Crippen LogP contribution in [-0.2, 0) is 5.41 Å². The Morgan fingerprint density at radius 2 is 1.80 bits per heavy atom. The molecular formula is C13H14Br2ClN3O. The Morgan fingerprint density at radius 1 is 1.15 bits per heavy atom. The zero-order chi connectivity index (χ0) is 15.1. The van der Waals surface area contributed by atoms with Crippen molar-refractivity contribution in [1.82, 2.24) is 14.8 Å². The molecule has 0 N–H and O–H groups in total. The third-order valence-corrected chi connectivity index (χ3v) is 4.26. The van der Waals surface area contributed by atoms with E-state index in [4.69, 9.17) is 16.3 Å². The lowest BCUT2D eigenvalue weighted by atomic mass is 9.95. The molecule has 0 aliphatic heterocycles. The van der Waals surface area contributed by atoms with Crippen LogP contribution in [0.4, 0.5) is 0 Å². The van der Waals surface area contributed by atoms with E-state index in [1.165, 1.54) is 0 Å². The molecule has 0 aliphatic rings. The standard InChI is InChI=1S/C13H14Br2ClN3O/c1-13(2,3)11-17-18-12(16)19(11)9-6-10(20-4)8(15)5-7(9)14/h5-6H,1-4H3. The third kappa shape index (κ3) is 2.87. The zero-order valence-corrected chi connectivity index (χ0v) is 15.5. The van der Waals surface area contributed by atoms with Crippen molar-refractivity contribution in [3.05, 3.63) is 32.2 Å². The van der Waals surface area contributed by atoms with Gasteiger partial charge in [-0.3, -0.25) is 4.57 Å². The monoisotopic (exact) mass is 421 g/mol. The van der Waals surface area contributed by atoms with Crippen LogP contribution in [0.25, 0.3) is 5.69 Å². The van der Waals surface area contributed by atoms with Crippen LogP contribution >= 0.6 is 43.5 Å². The lowest BCUT2D eigenvalue weighted by molar-refractivity contribution is 0.411. The molecule has 108 valence electrons. The maximum absolute atomic E-state index is 6.21. The number of ether oxygens (including phenoxy) is 1. The van der Waals surface area contributed by atoms with Crippen LogP contribution in [0.2, 0.25) is 5.28 Å². The minimum atomic E-state index is -0.181. The highest BCUT2D eigenvalue weighted by Crippen LogP contribution is 2.36. The van der Waals surface area contributed by atoms with Crippen LogP contribution < -0.4 is 4.74 Å². The fraction of sp³-hybridized carbons (Fsp3) is 0.385. The van der Waals surface area contributed by atoms with Gasteiger partial charge < -0.3 is 4.74 Å². The molecule has 1 heterocycles. The van der Waals surface area contributed by atoms with Crippen LogP contribution in [0.15, 0.2) is 21.1 Å². The number of benzene rings is 1. The highest BCUT2D eigenvalue weighted by atomic mass is 79.9. The molecule has 2 aromatic rings. The van der Waals surface area contributed by atoms with Gasteiger partial charge in [0.25, 0.3) is 0 Å². The molecule has 0 saturated carbocycles. The van der Waals surface area contributed by atoms with Crippen molar-refractivity contribution in [2.24, 2.45) is 0 Å². The number of halogens is 3. The first-order valence-corrected chi connectivity index (χ1v) is 7.87. The highest BCUT2D eigenvalue weighted by Gasteiger charge is 2.25. The lowest BCUT2D eigenvalue weighted by Crippen LogP contribution is -2.18. The summed E-state index contributed by atoms with van der Waals surface area (Å²) in [5, 5.41) is 8.49. The van der Waals surface area contributed by atoms with Gasteiger partial charge >= 0.3 is 0 Å². The van der Waals surface area contributed by atoms with Crippen molar-refractivity contribution in [2.45, 2.75) is 26.2 Å². The minimum Gasteiger partial charge on any atom is -0.495 e. The molecule has 0 spiro atoms. The van der Waals surface area contributed by atoms with Crippen molar-refractivity contribution in [3.63, 3.8) is 0 Å². The predicted molar refractivity (Wildman–Crippen MR) is 87.0 cm³/mol. The van der Waals surface area contributed by atoms with Crippen molar-refractivity contribution in [2.75, 3.05) is 7.11 Å². The fourth-order valence-electron chi connectivity index (χ4n) is 1.81. The number of hydrogen-bond donors (Lipinski definition) is 0. The summed E-state index contributed by atoms with van der Waals surface area (Å²) in [5.74, 6) is 1.50. The summed E-state index contributed by atoms with van der Waals surface area (Å²) in [7, 11) is 1.62. The molecule has 0 amide bonds. The minimum absolute atomic E-state index is 0.181. The zero-order valence-electron chi connectivity index (χ0n) is 11.5. The van der Waals surface area contributed by atoms with Gasteiger partial charge in [0.15, 0.2) is 0 Å². The van der Waals surface area contributed by atoms with Crippen molar-refractivity contribution < 1.29 is 4.74 Å². The van der Waals surface area contributed by atoms with Gasteiger partial charge in [0.1, 0.15) is 11.6 Å². The molecule has 0 aliphatic carbocycles. The summed E-state index contributed by atoms with van der Waals surface area (Å²) in [5.41, 5.74) is 0.657. The summed E-state index contributed by atoms with van der Waals surface area (Å²) in [4.78, 5) is 0. The van der Waals surface area contributed by atoms with Gasteiger partial charge in [-0.2, -0.15) is 0 Å². The van der Waals surface area contributed by atoms with E-state index in [0.717, 1.165) is 20.5 Å². The molecule has 1 aromatic heterocycles. The molecule has 7 heteroatoms. The average molecular weight is 424 g/mol. The van der Waals surface area contributed by atoms with Crippen LogP contribution in [0.5, 0.6) is 5.75 Å². The quantitative estimate of drug-likeness (QED) is 0.700. The van der Waals surface area contributed by atoms with E-state index in [9.17, 15) is 0 Å². The fourth-order valence-corrected chi connectivity index (χ4v) is 3.35. The van der Waals surface area contributed by atoms with Gasteiger partial charge in [0.05, 0.1) is 17.3 Å².